The Hall–Kier alpha value is -0.490. The molecule has 3 heterocycles. The molecule has 1 aromatic rings. The first-order valence-electron chi connectivity index (χ1n) is 11.5. The molecule has 0 unspecified atom stereocenters. The largest absolute Gasteiger partial charge is 0.381 e. The van der Waals surface area contributed by atoms with Crippen LogP contribution in [0.3, 0.4) is 0 Å². The van der Waals surface area contributed by atoms with Gasteiger partial charge in [0.15, 0.2) is 5.96 Å². The van der Waals surface area contributed by atoms with Crippen molar-refractivity contribution in [3.63, 3.8) is 0 Å². The monoisotopic (exact) mass is 565 g/mol. The number of nitrogens with one attached hydrogen (secondary N) is 2. The van der Waals surface area contributed by atoms with Crippen molar-refractivity contribution < 1.29 is 9.47 Å². The lowest BCUT2D eigenvalue weighted by Gasteiger charge is -2.31. The Balaban J connectivity index is 0.00000341. The first kappa shape index (κ1) is 26.8. The topological polar surface area (TPSA) is 71.0 Å². The predicted molar refractivity (Wildman–Crippen MR) is 139 cm³/mol. The number of aryl methyl sites for hydroxylation is 1. The lowest BCUT2D eigenvalue weighted by Crippen LogP contribution is -2.43. The van der Waals surface area contributed by atoms with E-state index >= 15 is 0 Å². The molecule has 2 N–H and O–H groups in total. The number of piperidine rings is 1. The first-order valence-corrected chi connectivity index (χ1v) is 12.3. The van der Waals surface area contributed by atoms with Crippen LogP contribution in [-0.2, 0) is 16.0 Å². The number of likely N-dealkylation sites (tertiary alicyclic amines) is 1. The molecule has 2 aliphatic heterocycles. The molecular formula is C22H40IN5O2S. The van der Waals surface area contributed by atoms with Crippen LogP contribution in [0.25, 0.3) is 0 Å². The summed E-state index contributed by atoms with van der Waals surface area (Å²) in [6.07, 6.45) is 5.73. The van der Waals surface area contributed by atoms with Gasteiger partial charge in [0.1, 0.15) is 0 Å². The molecule has 0 aromatic carbocycles. The number of nitrogens with zero attached hydrogens (tertiary/aromatic N) is 3. The fourth-order valence-corrected chi connectivity index (χ4v) is 4.67. The quantitative estimate of drug-likeness (QED) is 0.197. The number of hydrogen-bond acceptors (Lipinski definition) is 6. The molecule has 3 rings (SSSR count). The van der Waals surface area contributed by atoms with Crippen LogP contribution in [-0.4, -0.2) is 75.5 Å². The molecule has 178 valence electrons. The van der Waals surface area contributed by atoms with E-state index in [0.717, 1.165) is 89.4 Å². The molecule has 7 nitrogen and oxygen atoms in total. The standard InChI is InChI=1S/C22H39N5O2S.HI/c1-18-26-21(17-30-18)15-27-9-4-19(5-10-27)14-25-22(23-2)24-8-3-11-29-16-20-6-12-28-13-7-20;/h17,19-20H,3-16H2,1-2H3,(H2,23,24,25);1H. The zero-order chi connectivity index (χ0) is 21.0. The smallest absolute Gasteiger partial charge is 0.190 e. The summed E-state index contributed by atoms with van der Waals surface area (Å²) in [6, 6.07) is 0. The molecule has 0 spiro atoms. The Kier molecular flexibility index (Phi) is 13.3. The molecule has 0 radical (unpaired) electrons. The second-order valence-electron chi connectivity index (χ2n) is 8.44. The summed E-state index contributed by atoms with van der Waals surface area (Å²) in [6.45, 7) is 10.7. The normalized spacial score (nSPS) is 19.2. The van der Waals surface area contributed by atoms with Gasteiger partial charge >= 0.3 is 0 Å². The average Bonchev–Trinajstić information content (AvgIpc) is 3.19. The molecule has 1 aromatic heterocycles. The van der Waals surface area contributed by atoms with Gasteiger partial charge in [-0.15, -0.1) is 35.3 Å². The molecule has 2 saturated heterocycles. The lowest BCUT2D eigenvalue weighted by atomic mass is 9.97. The van der Waals surface area contributed by atoms with Crippen molar-refractivity contribution in [2.45, 2.75) is 45.6 Å². The summed E-state index contributed by atoms with van der Waals surface area (Å²) >= 11 is 1.74. The Morgan fingerprint density at radius 2 is 2.00 bits per heavy atom. The van der Waals surface area contributed by atoms with Crippen LogP contribution >= 0.6 is 35.3 Å². The van der Waals surface area contributed by atoms with E-state index in [1.807, 2.05) is 7.05 Å². The third kappa shape index (κ3) is 10.3. The SMILES string of the molecule is CN=C(NCCCOCC1CCOCC1)NCC1CCN(Cc2csc(C)n2)CC1.I. The van der Waals surface area contributed by atoms with E-state index in [-0.39, 0.29) is 24.0 Å². The molecule has 2 aliphatic rings. The Bertz CT molecular complexity index is 631. The number of ether oxygens (including phenoxy) is 2. The van der Waals surface area contributed by atoms with Gasteiger partial charge in [0.05, 0.1) is 10.7 Å². The van der Waals surface area contributed by atoms with E-state index in [2.05, 4.69) is 37.8 Å². The van der Waals surface area contributed by atoms with Gasteiger partial charge < -0.3 is 20.1 Å². The third-order valence-corrected chi connectivity index (χ3v) is 6.82. The number of guanidine groups is 1. The van der Waals surface area contributed by atoms with Crippen molar-refractivity contribution >= 4 is 41.3 Å². The van der Waals surface area contributed by atoms with Crippen LogP contribution in [0.1, 0.15) is 42.8 Å². The highest BCUT2D eigenvalue weighted by molar-refractivity contribution is 14.0. The fraction of sp³-hybridized carbons (Fsp3) is 0.818. The predicted octanol–water partition coefficient (Wildman–Crippen LogP) is 3.28. The molecule has 0 bridgehead atoms. The number of aliphatic imine (C=N–C) groups is 1. The molecule has 0 saturated carbocycles. The minimum atomic E-state index is 0. The summed E-state index contributed by atoms with van der Waals surface area (Å²) < 4.78 is 11.2. The third-order valence-electron chi connectivity index (χ3n) is 5.99. The van der Waals surface area contributed by atoms with Gasteiger partial charge in [0, 0.05) is 58.5 Å². The van der Waals surface area contributed by atoms with Crippen LogP contribution < -0.4 is 10.6 Å². The summed E-state index contributed by atoms with van der Waals surface area (Å²) in [5, 5.41) is 10.3. The highest BCUT2D eigenvalue weighted by Crippen LogP contribution is 2.19. The number of halogens is 1. The highest BCUT2D eigenvalue weighted by Gasteiger charge is 2.20. The van der Waals surface area contributed by atoms with Crippen LogP contribution in [0, 0.1) is 18.8 Å². The number of rotatable bonds is 10. The second kappa shape index (κ2) is 15.4. The fourth-order valence-electron chi connectivity index (χ4n) is 4.06. The molecule has 0 aliphatic carbocycles. The zero-order valence-corrected chi connectivity index (χ0v) is 22.3. The summed E-state index contributed by atoms with van der Waals surface area (Å²) in [5.74, 6) is 2.29. The Morgan fingerprint density at radius 3 is 2.68 bits per heavy atom. The molecule has 31 heavy (non-hydrogen) atoms. The summed E-state index contributed by atoms with van der Waals surface area (Å²) in [7, 11) is 1.84. The van der Waals surface area contributed by atoms with E-state index in [0.29, 0.717) is 11.8 Å². The maximum Gasteiger partial charge on any atom is 0.190 e. The maximum absolute atomic E-state index is 5.83. The van der Waals surface area contributed by atoms with E-state index in [1.54, 1.807) is 11.3 Å². The molecule has 2 fully saturated rings. The van der Waals surface area contributed by atoms with Gasteiger partial charge in [0.2, 0.25) is 0 Å². The highest BCUT2D eigenvalue weighted by atomic mass is 127. The number of hydrogen-bond donors (Lipinski definition) is 2. The van der Waals surface area contributed by atoms with Crippen LogP contribution in [0.2, 0.25) is 0 Å². The molecule has 9 heteroatoms. The van der Waals surface area contributed by atoms with E-state index in [4.69, 9.17) is 9.47 Å². The minimum absolute atomic E-state index is 0. The van der Waals surface area contributed by atoms with Crippen molar-refractivity contribution in [1.82, 2.24) is 20.5 Å². The molecular weight excluding hydrogens is 525 g/mol. The summed E-state index contributed by atoms with van der Waals surface area (Å²) in [4.78, 5) is 11.5. The minimum Gasteiger partial charge on any atom is -0.381 e. The molecule has 0 atom stereocenters. The van der Waals surface area contributed by atoms with Gasteiger partial charge in [-0.3, -0.25) is 9.89 Å². The van der Waals surface area contributed by atoms with Gasteiger partial charge in [-0.2, -0.15) is 0 Å². The number of aromatic nitrogens is 1. The lowest BCUT2D eigenvalue weighted by molar-refractivity contribution is 0.0203. The van der Waals surface area contributed by atoms with Gasteiger partial charge in [-0.1, -0.05) is 0 Å². The number of thiazole rings is 1. The maximum atomic E-state index is 5.83. The Labute approximate surface area is 208 Å². The molecule has 0 amide bonds. The van der Waals surface area contributed by atoms with Gasteiger partial charge in [-0.05, 0) is 64.0 Å². The van der Waals surface area contributed by atoms with Crippen molar-refractivity contribution in [2.75, 3.05) is 59.7 Å². The second-order valence-corrected chi connectivity index (χ2v) is 9.50. The van der Waals surface area contributed by atoms with E-state index in [9.17, 15) is 0 Å². The van der Waals surface area contributed by atoms with Crippen molar-refractivity contribution in [3.05, 3.63) is 16.1 Å². The first-order chi connectivity index (χ1) is 14.7. The van der Waals surface area contributed by atoms with Crippen molar-refractivity contribution in [1.29, 1.82) is 0 Å². The summed E-state index contributed by atoms with van der Waals surface area (Å²) in [5.41, 5.74) is 1.22. The van der Waals surface area contributed by atoms with Crippen LogP contribution in [0.15, 0.2) is 10.4 Å². The van der Waals surface area contributed by atoms with E-state index < -0.39 is 0 Å². The van der Waals surface area contributed by atoms with Crippen molar-refractivity contribution in [3.8, 4) is 0 Å². The zero-order valence-electron chi connectivity index (χ0n) is 19.1. The van der Waals surface area contributed by atoms with E-state index in [1.165, 1.54) is 18.5 Å². The van der Waals surface area contributed by atoms with Crippen LogP contribution in [0.4, 0.5) is 0 Å². The van der Waals surface area contributed by atoms with Crippen LogP contribution in [0.5, 0.6) is 0 Å². The Morgan fingerprint density at radius 1 is 1.23 bits per heavy atom. The van der Waals surface area contributed by atoms with Gasteiger partial charge in [-0.25, -0.2) is 4.98 Å². The average molecular weight is 566 g/mol. The van der Waals surface area contributed by atoms with Crippen molar-refractivity contribution in [2.24, 2.45) is 16.8 Å². The van der Waals surface area contributed by atoms with Gasteiger partial charge in [0.25, 0.3) is 0 Å².